The molecule has 2 aliphatic rings. The van der Waals surface area contributed by atoms with E-state index in [2.05, 4.69) is 0 Å². The van der Waals surface area contributed by atoms with Gasteiger partial charge >= 0.3 is 0 Å². The number of nitrogens with zero attached hydrogens (tertiary/aromatic N) is 3. The van der Waals surface area contributed by atoms with E-state index in [0.29, 0.717) is 18.8 Å². The molecular formula is C18H27N3O4S2. The van der Waals surface area contributed by atoms with E-state index in [1.807, 2.05) is 30.5 Å². The van der Waals surface area contributed by atoms with E-state index < -0.39 is 14.9 Å². The highest BCUT2D eigenvalue weighted by molar-refractivity contribution is 7.99. The van der Waals surface area contributed by atoms with Gasteiger partial charge < -0.3 is 4.90 Å². The molecule has 0 aliphatic carbocycles. The summed E-state index contributed by atoms with van der Waals surface area (Å²) in [5, 5.41) is 11.7. The quantitative estimate of drug-likeness (QED) is 0.557. The highest BCUT2D eigenvalue weighted by Crippen LogP contribution is 2.34. The van der Waals surface area contributed by atoms with Gasteiger partial charge in [-0.25, -0.2) is 8.42 Å². The van der Waals surface area contributed by atoms with Crippen molar-refractivity contribution in [3.63, 3.8) is 0 Å². The molecule has 0 radical (unpaired) electrons. The Hall–Kier alpha value is -1.32. The lowest BCUT2D eigenvalue weighted by molar-refractivity contribution is -0.384. The van der Waals surface area contributed by atoms with Crippen molar-refractivity contribution in [3.8, 4) is 0 Å². The van der Waals surface area contributed by atoms with E-state index >= 15 is 0 Å². The topological polar surface area (TPSA) is 83.8 Å². The third kappa shape index (κ3) is 4.57. The molecule has 2 heterocycles. The van der Waals surface area contributed by atoms with E-state index in [9.17, 15) is 18.5 Å². The molecule has 2 aliphatic heterocycles. The van der Waals surface area contributed by atoms with Crippen LogP contribution in [0.1, 0.15) is 26.7 Å². The van der Waals surface area contributed by atoms with E-state index in [1.165, 1.54) is 16.4 Å². The van der Waals surface area contributed by atoms with Crippen LogP contribution >= 0.6 is 11.8 Å². The number of rotatable bonds is 4. The number of benzene rings is 1. The fraction of sp³-hybridized carbons (Fsp3) is 0.667. The molecule has 150 valence electrons. The molecule has 2 atom stereocenters. The van der Waals surface area contributed by atoms with Crippen LogP contribution in [0.5, 0.6) is 0 Å². The highest BCUT2D eigenvalue weighted by Gasteiger charge is 2.33. The molecule has 0 bridgehead atoms. The van der Waals surface area contributed by atoms with Crippen LogP contribution in [0.2, 0.25) is 0 Å². The molecule has 7 nitrogen and oxygen atoms in total. The Morgan fingerprint density at radius 3 is 2.52 bits per heavy atom. The largest absolute Gasteiger partial charge is 0.365 e. The Morgan fingerprint density at radius 2 is 1.85 bits per heavy atom. The molecule has 0 spiro atoms. The van der Waals surface area contributed by atoms with Gasteiger partial charge in [-0.1, -0.05) is 13.8 Å². The number of nitro groups is 1. The lowest BCUT2D eigenvalue weighted by Gasteiger charge is -2.34. The zero-order valence-electron chi connectivity index (χ0n) is 15.8. The van der Waals surface area contributed by atoms with Gasteiger partial charge in [-0.05, 0) is 42.6 Å². The van der Waals surface area contributed by atoms with E-state index in [-0.39, 0.29) is 22.4 Å². The summed E-state index contributed by atoms with van der Waals surface area (Å²) in [5.41, 5.74) is 0.392. The minimum absolute atomic E-state index is 0.0171. The van der Waals surface area contributed by atoms with Crippen molar-refractivity contribution in [1.29, 1.82) is 0 Å². The highest BCUT2D eigenvalue weighted by atomic mass is 32.2. The summed E-state index contributed by atoms with van der Waals surface area (Å²) in [6.07, 6.45) is 1.96. The molecule has 0 saturated carbocycles. The number of nitro benzene ring substituents is 1. The summed E-state index contributed by atoms with van der Waals surface area (Å²) < 4.78 is 27.6. The molecule has 2 unspecified atom stereocenters. The third-order valence-corrected chi connectivity index (χ3v) is 8.06. The predicted molar refractivity (Wildman–Crippen MR) is 109 cm³/mol. The fourth-order valence-corrected chi connectivity index (χ4v) is 6.60. The summed E-state index contributed by atoms with van der Waals surface area (Å²) in [5.74, 6) is 2.53. The molecule has 0 amide bonds. The van der Waals surface area contributed by atoms with Gasteiger partial charge in [-0.15, -0.1) is 0 Å². The Balaban J connectivity index is 1.94. The van der Waals surface area contributed by atoms with Crippen LogP contribution in [0.15, 0.2) is 23.1 Å². The van der Waals surface area contributed by atoms with Gasteiger partial charge in [0.15, 0.2) is 0 Å². The minimum Gasteiger partial charge on any atom is -0.365 e. The summed E-state index contributed by atoms with van der Waals surface area (Å²) in [6.45, 7) is 6.50. The lowest BCUT2D eigenvalue weighted by atomic mass is 9.94. The summed E-state index contributed by atoms with van der Waals surface area (Å²) in [4.78, 5) is 13.2. The van der Waals surface area contributed by atoms with Gasteiger partial charge in [0.05, 0.1) is 9.82 Å². The van der Waals surface area contributed by atoms with Gasteiger partial charge in [0.1, 0.15) is 5.69 Å². The second-order valence-corrected chi connectivity index (χ2v) is 10.8. The molecule has 27 heavy (non-hydrogen) atoms. The van der Waals surface area contributed by atoms with Crippen LogP contribution in [0.3, 0.4) is 0 Å². The third-order valence-electron chi connectivity index (χ3n) is 5.18. The van der Waals surface area contributed by atoms with E-state index in [0.717, 1.165) is 37.4 Å². The fourth-order valence-electron chi connectivity index (χ4n) is 4.02. The molecule has 0 N–H and O–H groups in total. The second kappa shape index (κ2) is 8.36. The molecular weight excluding hydrogens is 386 g/mol. The maximum Gasteiger partial charge on any atom is 0.293 e. The number of piperidine rings is 1. The molecule has 2 fully saturated rings. The zero-order valence-corrected chi connectivity index (χ0v) is 17.5. The van der Waals surface area contributed by atoms with Crippen molar-refractivity contribution in [2.45, 2.75) is 31.6 Å². The van der Waals surface area contributed by atoms with E-state index in [1.54, 1.807) is 6.07 Å². The molecule has 1 aromatic rings. The molecule has 0 aromatic heterocycles. The number of thioether (sulfide) groups is 1. The molecule has 1 aromatic carbocycles. The number of hydrogen-bond donors (Lipinski definition) is 0. The van der Waals surface area contributed by atoms with Crippen molar-refractivity contribution in [2.24, 2.45) is 11.8 Å². The first-order chi connectivity index (χ1) is 12.8. The van der Waals surface area contributed by atoms with Crippen LogP contribution in [0.4, 0.5) is 11.4 Å². The second-order valence-electron chi connectivity index (χ2n) is 7.63. The maximum atomic E-state index is 13.1. The van der Waals surface area contributed by atoms with Crippen molar-refractivity contribution < 1.29 is 13.3 Å². The first-order valence-electron chi connectivity index (χ1n) is 9.40. The van der Waals surface area contributed by atoms with Gasteiger partial charge in [-0.2, -0.15) is 16.1 Å². The van der Waals surface area contributed by atoms with Gasteiger partial charge in [0.2, 0.25) is 10.0 Å². The SMILES string of the molecule is CC1CC(C)CN(S(=O)(=O)c2ccc(N3CCCSCC3)c([N+](=O)[O-])c2)C1. The summed E-state index contributed by atoms with van der Waals surface area (Å²) in [6, 6.07) is 4.38. The average molecular weight is 414 g/mol. The van der Waals surface area contributed by atoms with Crippen molar-refractivity contribution >= 4 is 33.2 Å². The average Bonchev–Trinajstić information content (AvgIpc) is 2.89. The monoisotopic (exact) mass is 413 g/mol. The standard InChI is InChI=1S/C18H27N3O4S2/c1-14-10-15(2)13-20(12-14)27(24,25)16-4-5-17(18(11-16)21(22)23)19-6-3-8-26-9-7-19/h4-5,11,14-15H,3,6-10,12-13H2,1-2H3. The van der Waals surface area contributed by atoms with Gasteiger partial charge in [0, 0.05) is 38.0 Å². The van der Waals surface area contributed by atoms with Crippen molar-refractivity contribution in [2.75, 3.05) is 42.6 Å². The lowest BCUT2D eigenvalue weighted by Crippen LogP contribution is -2.42. The Kier molecular flexibility index (Phi) is 6.32. The van der Waals surface area contributed by atoms with Gasteiger partial charge in [-0.3, -0.25) is 10.1 Å². The van der Waals surface area contributed by atoms with Crippen LogP contribution in [-0.4, -0.2) is 55.3 Å². The number of sulfonamides is 1. The van der Waals surface area contributed by atoms with Crippen molar-refractivity contribution in [3.05, 3.63) is 28.3 Å². The normalized spacial score (nSPS) is 25.2. The smallest absolute Gasteiger partial charge is 0.293 e. The maximum absolute atomic E-state index is 13.1. The van der Waals surface area contributed by atoms with Crippen LogP contribution in [0, 0.1) is 22.0 Å². The first kappa shape index (κ1) is 20.4. The zero-order chi connectivity index (χ0) is 19.6. The number of anilines is 1. The van der Waals surface area contributed by atoms with Crippen LogP contribution < -0.4 is 4.90 Å². The summed E-state index contributed by atoms with van der Waals surface area (Å²) >= 11 is 1.84. The minimum atomic E-state index is -3.73. The van der Waals surface area contributed by atoms with Crippen molar-refractivity contribution in [1.82, 2.24) is 4.31 Å². The number of hydrogen-bond acceptors (Lipinski definition) is 6. The predicted octanol–water partition coefficient (Wildman–Crippen LogP) is 3.20. The molecule has 2 saturated heterocycles. The van der Waals surface area contributed by atoms with E-state index in [4.69, 9.17) is 0 Å². The van der Waals surface area contributed by atoms with Crippen LogP contribution in [-0.2, 0) is 10.0 Å². The molecule has 3 rings (SSSR count). The van der Waals surface area contributed by atoms with Crippen LogP contribution in [0.25, 0.3) is 0 Å². The Labute approximate surface area is 165 Å². The summed E-state index contributed by atoms with van der Waals surface area (Å²) in [7, 11) is -3.73. The first-order valence-corrected chi connectivity index (χ1v) is 12.0. The Bertz CT molecular complexity index is 782. The Morgan fingerprint density at radius 1 is 1.15 bits per heavy atom. The van der Waals surface area contributed by atoms with Gasteiger partial charge in [0.25, 0.3) is 5.69 Å². The molecule has 9 heteroatoms.